The van der Waals surface area contributed by atoms with Crippen molar-refractivity contribution in [1.29, 1.82) is 0 Å². The van der Waals surface area contributed by atoms with Crippen LogP contribution in [0.4, 0.5) is 10.3 Å². The van der Waals surface area contributed by atoms with Crippen molar-refractivity contribution in [3.63, 3.8) is 0 Å². The van der Waals surface area contributed by atoms with Gasteiger partial charge in [0.2, 0.25) is 11.9 Å². The van der Waals surface area contributed by atoms with E-state index in [2.05, 4.69) is 20.2 Å². The molecule has 0 saturated carbocycles. The summed E-state index contributed by atoms with van der Waals surface area (Å²) in [6.07, 6.45) is 8.61. The van der Waals surface area contributed by atoms with Gasteiger partial charge in [-0.1, -0.05) is 17.7 Å². The largest absolute Gasteiger partial charge is 0.493 e. The minimum Gasteiger partial charge on any atom is -0.493 e. The van der Waals surface area contributed by atoms with Crippen LogP contribution in [0.2, 0.25) is 5.02 Å². The van der Waals surface area contributed by atoms with Gasteiger partial charge in [0.15, 0.2) is 0 Å². The lowest BCUT2D eigenvalue weighted by molar-refractivity contribution is -0.130. The Balaban J connectivity index is 1.01. The number of carbonyl (C=O) groups excluding carboxylic acids is 1. The van der Waals surface area contributed by atoms with E-state index in [0.717, 1.165) is 77.3 Å². The molecule has 188 valence electrons. The van der Waals surface area contributed by atoms with Gasteiger partial charge in [0.25, 0.3) is 0 Å². The molecule has 2 aromatic rings. The number of anilines is 1. The number of rotatable bonds is 8. The summed E-state index contributed by atoms with van der Waals surface area (Å²) in [5.74, 6) is 1.55. The first-order chi connectivity index (χ1) is 17.0. The third kappa shape index (κ3) is 5.86. The molecule has 3 aliphatic heterocycles. The Morgan fingerprint density at radius 2 is 1.97 bits per heavy atom. The van der Waals surface area contributed by atoms with Gasteiger partial charge in [0.1, 0.15) is 11.6 Å². The Hall–Kier alpha value is -2.45. The van der Waals surface area contributed by atoms with Crippen molar-refractivity contribution in [2.24, 2.45) is 11.3 Å². The zero-order chi connectivity index (χ0) is 24.3. The number of benzene rings is 1. The summed E-state index contributed by atoms with van der Waals surface area (Å²) in [5, 5.41) is 3.84. The molecule has 0 bridgehead atoms. The fraction of sp³-hybridized carbons (Fsp3) is 0.577. The quantitative estimate of drug-likeness (QED) is 0.556. The molecule has 0 aliphatic carbocycles. The fourth-order valence-electron chi connectivity index (χ4n) is 5.40. The van der Waals surface area contributed by atoms with Crippen molar-refractivity contribution in [3.8, 4) is 5.75 Å². The number of nitrogens with zero attached hydrogens (tertiary/aromatic N) is 4. The fourth-order valence-corrected chi connectivity index (χ4v) is 5.50. The smallest absolute Gasteiger partial charge is 0.227 e. The summed E-state index contributed by atoms with van der Waals surface area (Å²) in [7, 11) is 0. The van der Waals surface area contributed by atoms with Crippen molar-refractivity contribution in [3.05, 3.63) is 47.0 Å². The number of amides is 1. The van der Waals surface area contributed by atoms with Crippen molar-refractivity contribution in [1.82, 2.24) is 20.2 Å². The Morgan fingerprint density at radius 1 is 1.20 bits per heavy atom. The predicted octanol–water partition coefficient (Wildman–Crippen LogP) is 3.71. The number of piperidine rings is 1. The normalized spacial score (nSPS) is 19.7. The van der Waals surface area contributed by atoms with E-state index in [9.17, 15) is 9.18 Å². The third-order valence-electron chi connectivity index (χ3n) is 7.69. The van der Waals surface area contributed by atoms with E-state index in [1.54, 1.807) is 24.5 Å². The lowest BCUT2D eigenvalue weighted by Gasteiger charge is -2.39. The molecule has 3 aliphatic rings. The van der Waals surface area contributed by atoms with Crippen LogP contribution in [-0.4, -0.2) is 66.7 Å². The van der Waals surface area contributed by atoms with Gasteiger partial charge in [0.05, 0.1) is 30.4 Å². The second-order valence-electron chi connectivity index (χ2n) is 10.2. The van der Waals surface area contributed by atoms with E-state index in [-0.39, 0.29) is 23.6 Å². The maximum Gasteiger partial charge on any atom is 0.227 e. The average Bonchev–Trinajstić information content (AvgIpc) is 3.31. The molecule has 4 heterocycles. The van der Waals surface area contributed by atoms with Gasteiger partial charge in [-0.3, -0.25) is 4.79 Å². The highest BCUT2D eigenvalue weighted by Crippen LogP contribution is 2.34. The van der Waals surface area contributed by atoms with Gasteiger partial charge >= 0.3 is 0 Å². The van der Waals surface area contributed by atoms with E-state index in [1.165, 1.54) is 6.07 Å². The van der Waals surface area contributed by atoms with Gasteiger partial charge in [0, 0.05) is 50.7 Å². The van der Waals surface area contributed by atoms with E-state index < -0.39 is 0 Å². The van der Waals surface area contributed by atoms with Crippen LogP contribution in [0.25, 0.3) is 0 Å². The molecular formula is C26H33ClFN5O2. The molecule has 0 radical (unpaired) electrons. The van der Waals surface area contributed by atoms with Crippen molar-refractivity contribution in [2.45, 2.75) is 38.5 Å². The summed E-state index contributed by atoms with van der Waals surface area (Å²) in [5.41, 5.74) is 0.694. The number of nitrogens with one attached hydrogen (secondary N) is 1. The van der Waals surface area contributed by atoms with Crippen molar-refractivity contribution in [2.75, 3.05) is 50.8 Å². The van der Waals surface area contributed by atoms with Gasteiger partial charge < -0.3 is 19.9 Å². The lowest BCUT2D eigenvalue weighted by atomic mass is 9.81. The number of carbonyl (C=O) groups is 1. The molecule has 1 amide bonds. The molecular weight excluding hydrogens is 469 g/mol. The Kier molecular flexibility index (Phi) is 7.39. The summed E-state index contributed by atoms with van der Waals surface area (Å²) < 4.78 is 20.4. The summed E-state index contributed by atoms with van der Waals surface area (Å²) in [4.78, 5) is 25.3. The van der Waals surface area contributed by atoms with E-state index in [1.807, 2.05) is 4.90 Å². The molecule has 3 saturated heterocycles. The molecule has 7 nitrogen and oxygen atoms in total. The molecule has 0 unspecified atom stereocenters. The lowest BCUT2D eigenvalue weighted by Crippen LogP contribution is -2.55. The molecule has 1 aromatic carbocycles. The third-order valence-corrected chi connectivity index (χ3v) is 7.88. The van der Waals surface area contributed by atoms with E-state index >= 15 is 0 Å². The first-order valence-electron chi connectivity index (χ1n) is 12.6. The average molecular weight is 502 g/mol. The van der Waals surface area contributed by atoms with Crippen LogP contribution >= 0.6 is 11.6 Å². The SMILES string of the molecule is O=C(Cc1ccc(OCCCC2CCN(c3ncc(Cl)cn3)CC2)cc1F)N1CCC2(CNC2)C1. The minimum atomic E-state index is -0.369. The number of hydrogen-bond acceptors (Lipinski definition) is 6. The molecule has 5 rings (SSSR count). The van der Waals surface area contributed by atoms with Crippen LogP contribution in [0.15, 0.2) is 30.6 Å². The van der Waals surface area contributed by atoms with Crippen LogP contribution < -0.4 is 15.0 Å². The number of hydrogen-bond donors (Lipinski definition) is 1. The van der Waals surface area contributed by atoms with Crippen molar-refractivity contribution >= 4 is 23.5 Å². The summed E-state index contributed by atoms with van der Waals surface area (Å²) in [6.45, 7) is 5.96. The number of likely N-dealkylation sites (tertiary alicyclic amines) is 1. The Bertz CT molecular complexity index is 1020. The van der Waals surface area contributed by atoms with Gasteiger partial charge in [-0.15, -0.1) is 0 Å². The molecule has 9 heteroatoms. The zero-order valence-corrected chi connectivity index (χ0v) is 20.8. The van der Waals surface area contributed by atoms with Crippen LogP contribution in [0, 0.1) is 17.2 Å². The van der Waals surface area contributed by atoms with Crippen LogP contribution in [0.3, 0.4) is 0 Å². The highest BCUT2D eigenvalue weighted by molar-refractivity contribution is 6.30. The first-order valence-corrected chi connectivity index (χ1v) is 13.0. The Labute approximate surface area is 211 Å². The molecule has 1 N–H and O–H groups in total. The van der Waals surface area contributed by atoms with E-state index in [4.69, 9.17) is 16.3 Å². The van der Waals surface area contributed by atoms with Crippen molar-refractivity contribution < 1.29 is 13.9 Å². The standard InChI is InChI=1S/C26H33ClFN5O2/c27-21-14-30-25(31-15-21)32-8-5-19(6-9-32)2-1-11-35-22-4-3-20(23(28)13-22)12-24(34)33-10-7-26(18-33)16-29-17-26/h3-4,13-15,19,29H,1-2,5-12,16-18H2. The van der Waals surface area contributed by atoms with Crippen LogP contribution in [-0.2, 0) is 11.2 Å². The number of aromatic nitrogens is 2. The second-order valence-corrected chi connectivity index (χ2v) is 10.7. The maximum absolute atomic E-state index is 14.6. The predicted molar refractivity (Wildman–Crippen MR) is 133 cm³/mol. The Morgan fingerprint density at radius 3 is 2.63 bits per heavy atom. The van der Waals surface area contributed by atoms with Gasteiger partial charge in [-0.25, -0.2) is 14.4 Å². The minimum absolute atomic E-state index is 0.00927. The second kappa shape index (κ2) is 10.7. The summed E-state index contributed by atoms with van der Waals surface area (Å²) in [6, 6.07) is 4.88. The van der Waals surface area contributed by atoms with Crippen LogP contribution in [0.5, 0.6) is 5.75 Å². The topological polar surface area (TPSA) is 70.6 Å². The van der Waals surface area contributed by atoms with Gasteiger partial charge in [-0.05, 0) is 49.7 Å². The zero-order valence-electron chi connectivity index (χ0n) is 20.0. The molecule has 0 atom stereocenters. The molecule has 1 aromatic heterocycles. The molecule has 35 heavy (non-hydrogen) atoms. The first kappa shape index (κ1) is 24.3. The maximum atomic E-state index is 14.6. The highest BCUT2D eigenvalue weighted by Gasteiger charge is 2.44. The highest BCUT2D eigenvalue weighted by atomic mass is 35.5. The van der Waals surface area contributed by atoms with Crippen LogP contribution in [0.1, 0.15) is 37.7 Å². The number of halogens is 2. The summed E-state index contributed by atoms with van der Waals surface area (Å²) >= 11 is 5.87. The van der Waals surface area contributed by atoms with Gasteiger partial charge in [-0.2, -0.15) is 0 Å². The molecule has 1 spiro atoms. The molecule has 3 fully saturated rings. The monoisotopic (exact) mass is 501 g/mol. The van der Waals surface area contributed by atoms with E-state index in [0.29, 0.717) is 28.9 Å². The number of ether oxygens (including phenoxy) is 1.